The van der Waals surface area contributed by atoms with E-state index in [2.05, 4.69) is 0 Å². The van der Waals surface area contributed by atoms with Gasteiger partial charge in [0.25, 0.3) is 0 Å². The normalized spacial score (nSPS) is 10.4. The average molecular weight is 322 g/mol. The fourth-order valence-corrected chi connectivity index (χ4v) is 2.55. The van der Waals surface area contributed by atoms with Crippen molar-refractivity contribution in [3.8, 4) is 11.5 Å². The molecule has 0 aliphatic rings. The van der Waals surface area contributed by atoms with E-state index in [1.165, 1.54) is 7.11 Å². The summed E-state index contributed by atoms with van der Waals surface area (Å²) in [6.07, 6.45) is 0. The molecule has 3 aromatic rings. The molecule has 3 aromatic carbocycles. The Balaban J connectivity index is 2.07. The first kappa shape index (κ1) is 15.9. The van der Waals surface area contributed by atoms with Gasteiger partial charge in [0, 0.05) is 5.39 Å². The van der Waals surface area contributed by atoms with Crippen molar-refractivity contribution in [1.29, 1.82) is 0 Å². The summed E-state index contributed by atoms with van der Waals surface area (Å²) in [7, 11) is 2.97. The zero-order valence-electron chi connectivity index (χ0n) is 13.6. The van der Waals surface area contributed by atoms with Gasteiger partial charge in [-0.05, 0) is 29.1 Å². The van der Waals surface area contributed by atoms with Crippen LogP contribution in [0.25, 0.3) is 10.8 Å². The van der Waals surface area contributed by atoms with Gasteiger partial charge in [-0.3, -0.25) is 0 Å². The van der Waals surface area contributed by atoms with E-state index >= 15 is 0 Å². The molecule has 0 heterocycles. The summed E-state index contributed by atoms with van der Waals surface area (Å²) >= 11 is 0. The Morgan fingerprint density at radius 1 is 0.958 bits per heavy atom. The maximum Gasteiger partial charge on any atom is 0.341 e. The SMILES string of the molecule is COC(=O)c1ccc2ccc(OC)cc2c1OCc1ccccc1. The number of esters is 1. The molecule has 24 heavy (non-hydrogen) atoms. The Bertz CT molecular complexity index is 856. The molecule has 0 N–H and O–H groups in total. The minimum atomic E-state index is -0.428. The molecule has 0 atom stereocenters. The number of benzene rings is 3. The molecule has 0 radical (unpaired) electrons. The van der Waals surface area contributed by atoms with Crippen LogP contribution in [-0.4, -0.2) is 20.2 Å². The molecule has 0 unspecified atom stereocenters. The van der Waals surface area contributed by atoms with E-state index < -0.39 is 5.97 Å². The van der Waals surface area contributed by atoms with Crippen LogP contribution in [0.15, 0.2) is 60.7 Å². The van der Waals surface area contributed by atoms with E-state index in [0.29, 0.717) is 23.7 Å². The third-order valence-corrected chi connectivity index (χ3v) is 3.81. The molecule has 122 valence electrons. The van der Waals surface area contributed by atoms with E-state index in [9.17, 15) is 4.79 Å². The second-order valence-electron chi connectivity index (χ2n) is 5.30. The van der Waals surface area contributed by atoms with Crippen molar-refractivity contribution in [3.63, 3.8) is 0 Å². The number of hydrogen-bond donors (Lipinski definition) is 0. The summed E-state index contributed by atoms with van der Waals surface area (Å²) in [5.74, 6) is 0.777. The van der Waals surface area contributed by atoms with Crippen molar-refractivity contribution in [2.24, 2.45) is 0 Å². The number of methoxy groups -OCH3 is 2. The molecule has 0 spiro atoms. The molecule has 0 fully saturated rings. The van der Waals surface area contributed by atoms with E-state index in [-0.39, 0.29) is 0 Å². The highest BCUT2D eigenvalue weighted by molar-refractivity contribution is 6.01. The zero-order valence-corrected chi connectivity index (χ0v) is 13.6. The van der Waals surface area contributed by atoms with Gasteiger partial charge in [-0.25, -0.2) is 4.79 Å². The fourth-order valence-electron chi connectivity index (χ4n) is 2.55. The Morgan fingerprint density at radius 3 is 2.42 bits per heavy atom. The first-order valence-corrected chi connectivity index (χ1v) is 7.58. The number of carbonyl (C=O) groups is 1. The van der Waals surface area contributed by atoms with Crippen molar-refractivity contribution < 1.29 is 19.0 Å². The van der Waals surface area contributed by atoms with Gasteiger partial charge < -0.3 is 14.2 Å². The standard InChI is InChI=1S/C20H18O4/c1-22-16-10-8-15-9-11-17(20(21)23-2)19(18(15)12-16)24-13-14-6-4-3-5-7-14/h3-12H,13H2,1-2H3. The molecule has 4 heteroatoms. The summed E-state index contributed by atoms with van der Waals surface area (Å²) in [5.41, 5.74) is 1.42. The highest BCUT2D eigenvalue weighted by Crippen LogP contribution is 2.33. The predicted octanol–water partition coefficient (Wildman–Crippen LogP) is 4.21. The summed E-state index contributed by atoms with van der Waals surface area (Å²) in [6, 6.07) is 19.1. The molecular weight excluding hydrogens is 304 g/mol. The van der Waals surface area contributed by atoms with Gasteiger partial charge in [0.2, 0.25) is 0 Å². The van der Waals surface area contributed by atoms with E-state index in [1.807, 2.05) is 54.6 Å². The lowest BCUT2D eigenvalue weighted by atomic mass is 10.0. The smallest absolute Gasteiger partial charge is 0.341 e. The molecule has 3 rings (SSSR count). The molecule has 4 nitrogen and oxygen atoms in total. The quantitative estimate of drug-likeness (QED) is 0.660. The first-order valence-electron chi connectivity index (χ1n) is 7.58. The Morgan fingerprint density at radius 2 is 1.71 bits per heavy atom. The number of fused-ring (bicyclic) bond motifs is 1. The van der Waals surface area contributed by atoms with Crippen molar-refractivity contribution in [2.45, 2.75) is 6.61 Å². The van der Waals surface area contributed by atoms with Gasteiger partial charge in [-0.2, -0.15) is 0 Å². The van der Waals surface area contributed by atoms with Crippen LogP contribution in [0.5, 0.6) is 11.5 Å². The lowest BCUT2D eigenvalue weighted by Gasteiger charge is -2.14. The molecule has 0 aliphatic carbocycles. The van der Waals surface area contributed by atoms with Gasteiger partial charge in [-0.15, -0.1) is 0 Å². The highest BCUT2D eigenvalue weighted by atomic mass is 16.5. The van der Waals surface area contributed by atoms with Crippen LogP contribution in [0.2, 0.25) is 0 Å². The maximum atomic E-state index is 12.1. The van der Waals surface area contributed by atoms with Gasteiger partial charge >= 0.3 is 5.97 Å². The van der Waals surface area contributed by atoms with E-state index in [0.717, 1.165) is 16.3 Å². The van der Waals surface area contributed by atoms with Crippen molar-refractivity contribution in [3.05, 3.63) is 71.8 Å². The molecule has 0 aliphatic heterocycles. The number of ether oxygens (including phenoxy) is 3. The Labute approximate surface area is 140 Å². The molecule has 0 saturated heterocycles. The van der Waals surface area contributed by atoms with Gasteiger partial charge in [0.15, 0.2) is 0 Å². The van der Waals surface area contributed by atoms with Crippen LogP contribution in [-0.2, 0) is 11.3 Å². The largest absolute Gasteiger partial charge is 0.497 e. The first-order chi connectivity index (χ1) is 11.7. The molecule has 0 saturated carbocycles. The summed E-state index contributed by atoms with van der Waals surface area (Å²) in [6.45, 7) is 0.362. The number of carbonyl (C=O) groups excluding carboxylic acids is 1. The van der Waals surface area contributed by atoms with Crippen LogP contribution >= 0.6 is 0 Å². The topological polar surface area (TPSA) is 44.8 Å². The predicted molar refractivity (Wildman–Crippen MR) is 92.6 cm³/mol. The second kappa shape index (κ2) is 7.04. The minimum Gasteiger partial charge on any atom is -0.497 e. The zero-order chi connectivity index (χ0) is 16.9. The third kappa shape index (κ3) is 3.18. The fraction of sp³-hybridized carbons (Fsp3) is 0.150. The van der Waals surface area contributed by atoms with Crippen LogP contribution in [0.4, 0.5) is 0 Å². The van der Waals surface area contributed by atoms with Gasteiger partial charge in [0.1, 0.15) is 23.7 Å². The van der Waals surface area contributed by atoms with E-state index in [4.69, 9.17) is 14.2 Å². The summed E-state index contributed by atoms with van der Waals surface area (Å²) in [5, 5.41) is 1.78. The number of rotatable bonds is 5. The van der Waals surface area contributed by atoms with Gasteiger partial charge in [-0.1, -0.05) is 42.5 Å². The van der Waals surface area contributed by atoms with Crippen LogP contribution in [0.1, 0.15) is 15.9 Å². The summed E-state index contributed by atoms with van der Waals surface area (Å²) in [4.78, 5) is 12.1. The van der Waals surface area contributed by atoms with Crippen LogP contribution in [0.3, 0.4) is 0 Å². The summed E-state index contributed by atoms with van der Waals surface area (Å²) < 4.78 is 16.2. The molecule has 0 aromatic heterocycles. The maximum absolute atomic E-state index is 12.1. The monoisotopic (exact) mass is 322 g/mol. The Kier molecular flexibility index (Phi) is 4.66. The van der Waals surface area contributed by atoms with Crippen LogP contribution in [0, 0.1) is 0 Å². The van der Waals surface area contributed by atoms with Gasteiger partial charge in [0.05, 0.1) is 14.2 Å². The molecule has 0 bridgehead atoms. The second-order valence-corrected chi connectivity index (χ2v) is 5.30. The van der Waals surface area contributed by atoms with Crippen molar-refractivity contribution >= 4 is 16.7 Å². The van der Waals surface area contributed by atoms with Crippen molar-refractivity contribution in [2.75, 3.05) is 14.2 Å². The average Bonchev–Trinajstić information content (AvgIpc) is 2.65. The molecular formula is C20H18O4. The lowest BCUT2D eigenvalue weighted by molar-refractivity contribution is 0.0596. The molecule has 0 amide bonds. The van der Waals surface area contributed by atoms with E-state index in [1.54, 1.807) is 13.2 Å². The van der Waals surface area contributed by atoms with Crippen molar-refractivity contribution in [1.82, 2.24) is 0 Å². The lowest BCUT2D eigenvalue weighted by Crippen LogP contribution is -2.06. The number of hydrogen-bond acceptors (Lipinski definition) is 4. The highest BCUT2D eigenvalue weighted by Gasteiger charge is 2.17. The Hall–Kier alpha value is -3.01. The van der Waals surface area contributed by atoms with Crippen LogP contribution < -0.4 is 9.47 Å². The third-order valence-electron chi connectivity index (χ3n) is 3.81. The minimum absolute atomic E-state index is 0.362.